The zero-order valence-electron chi connectivity index (χ0n) is 17.4. The quantitative estimate of drug-likeness (QED) is 0.157. The van der Waals surface area contributed by atoms with Gasteiger partial charge in [0.25, 0.3) is 0 Å². The molecule has 1 aliphatic rings. The molecule has 0 aromatic rings. The first-order valence-electron chi connectivity index (χ1n) is 9.93. The summed E-state index contributed by atoms with van der Waals surface area (Å²) in [5.74, 6) is 0.756. The number of carbonyl (C=O) groups excluding carboxylic acids is 1. The Morgan fingerprint density at radius 3 is 2.19 bits per heavy atom. The molecule has 0 spiro atoms. The van der Waals surface area contributed by atoms with E-state index in [9.17, 15) is 4.79 Å². The van der Waals surface area contributed by atoms with Gasteiger partial charge in [-0.3, -0.25) is 4.99 Å². The van der Waals surface area contributed by atoms with Gasteiger partial charge in [-0.1, -0.05) is 25.7 Å². The van der Waals surface area contributed by atoms with E-state index in [1.54, 1.807) is 7.05 Å². The van der Waals surface area contributed by atoms with Gasteiger partial charge >= 0.3 is 6.09 Å². The summed E-state index contributed by atoms with van der Waals surface area (Å²) in [6.45, 7) is 8.27. The number of rotatable bonds is 8. The average molecular weight is 498 g/mol. The monoisotopic (exact) mass is 498 g/mol. The molecule has 0 heterocycles. The number of ether oxygens (including phenoxy) is 2. The molecule has 0 aromatic carbocycles. The summed E-state index contributed by atoms with van der Waals surface area (Å²) in [5, 5.41) is 9.23. The average Bonchev–Trinajstić information content (AvgIpc) is 2.83. The fraction of sp³-hybridized carbons (Fsp3) is 0.895. The Balaban J connectivity index is 0.00000676. The van der Waals surface area contributed by atoms with E-state index in [0.717, 1.165) is 25.5 Å². The molecule has 1 rings (SSSR count). The van der Waals surface area contributed by atoms with Crippen LogP contribution >= 0.6 is 24.0 Å². The number of halogens is 1. The number of nitrogens with one attached hydrogen (secondary N) is 3. The van der Waals surface area contributed by atoms with Gasteiger partial charge in [0.2, 0.25) is 0 Å². The summed E-state index contributed by atoms with van der Waals surface area (Å²) in [4.78, 5) is 15.7. The SMILES string of the molecule is CN=C(NCCCNC(=O)OC(C)(C)C)NCCOC1CCCCCC1.I. The predicted octanol–water partition coefficient (Wildman–Crippen LogP) is 3.42. The molecule has 0 aliphatic heterocycles. The molecule has 0 unspecified atom stereocenters. The Labute approximate surface area is 181 Å². The Kier molecular flexibility index (Phi) is 14.8. The van der Waals surface area contributed by atoms with Crippen LogP contribution in [-0.2, 0) is 9.47 Å². The summed E-state index contributed by atoms with van der Waals surface area (Å²) >= 11 is 0. The number of hydrogen-bond donors (Lipinski definition) is 3. The molecule has 1 fully saturated rings. The van der Waals surface area contributed by atoms with E-state index in [1.165, 1.54) is 38.5 Å². The summed E-state index contributed by atoms with van der Waals surface area (Å²) in [6, 6.07) is 0. The smallest absolute Gasteiger partial charge is 0.407 e. The molecule has 0 saturated heterocycles. The zero-order chi connectivity index (χ0) is 19.3. The number of alkyl carbamates (subject to hydrolysis) is 1. The molecule has 1 aliphatic carbocycles. The molecule has 0 atom stereocenters. The van der Waals surface area contributed by atoms with Crippen molar-refractivity contribution >= 4 is 36.0 Å². The highest BCUT2D eigenvalue weighted by atomic mass is 127. The van der Waals surface area contributed by atoms with Gasteiger partial charge in [-0.05, 0) is 40.0 Å². The van der Waals surface area contributed by atoms with Crippen molar-refractivity contribution in [3.05, 3.63) is 0 Å². The van der Waals surface area contributed by atoms with Gasteiger partial charge < -0.3 is 25.4 Å². The van der Waals surface area contributed by atoms with Crippen molar-refractivity contribution in [2.75, 3.05) is 33.3 Å². The Morgan fingerprint density at radius 1 is 1.00 bits per heavy atom. The van der Waals surface area contributed by atoms with Crippen molar-refractivity contribution in [2.24, 2.45) is 4.99 Å². The van der Waals surface area contributed by atoms with Crippen molar-refractivity contribution in [1.29, 1.82) is 0 Å². The normalized spacial score (nSPS) is 16.1. The second kappa shape index (κ2) is 15.2. The van der Waals surface area contributed by atoms with Crippen molar-refractivity contribution in [3.63, 3.8) is 0 Å². The number of nitrogens with zero attached hydrogens (tertiary/aromatic N) is 1. The van der Waals surface area contributed by atoms with E-state index < -0.39 is 5.60 Å². The first kappa shape index (κ1) is 26.2. The van der Waals surface area contributed by atoms with Crippen molar-refractivity contribution in [1.82, 2.24) is 16.0 Å². The van der Waals surface area contributed by atoms with E-state index >= 15 is 0 Å². The predicted molar refractivity (Wildman–Crippen MR) is 121 cm³/mol. The van der Waals surface area contributed by atoms with Crippen LogP contribution in [0.1, 0.15) is 65.7 Å². The molecule has 0 bridgehead atoms. The van der Waals surface area contributed by atoms with Crippen LogP contribution in [0, 0.1) is 0 Å². The van der Waals surface area contributed by atoms with E-state index in [1.807, 2.05) is 20.8 Å². The molecular weight excluding hydrogens is 459 g/mol. The van der Waals surface area contributed by atoms with E-state index in [2.05, 4.69) is 20.9 Å². The standard InChI is InChI=1S/C19H38N4O3.HI/c1-19(2,3)26-18(24)23-13-9-12-21-17(20-4)22-14-15-25-16-10-7-5-6-8-11-16;/h16H,5-15H2,1-4H3,(H,23,24)(H2,20,21,22);1H. The third kappa shape index (κ3) is 14.9. The lowest BCUT2D eigenvalue weighted by molar-refractivity contribution is 0.0467. The lowest BCUT2D eigenvalue weighted by Gasteiger charge is -2.19. The van der Waals surface area contributed by atoms with Crippen LogP contribution in [0.15, 0.2) is 4.99 Å². The van der Waals surface area contributed by atoms with Crippen LogP contribution < -0.4 is 16.0 Å². The van der Waals surface area contributed by atoms with Crippen LogP contribution in [-0.4, -0.2) is 57.0 Å². The highest BCUT2D eigenvalue weighted by Gasteiger charge is 2.15. The van der Waals surface area contributed by atoms with E-state index in [0.29, 0.717) is 19.3 Å². The summed E-state index contributed by atoms with van der Waals surface area (Å²) in [7, 11) is 1.75. The minimum atomic E-state index is -0.465. The molecule has 3 N–H and O–H groups in total. The molecule has 1 saturated carbocycles. The van der Waals surface area contributed by atoms with Crippen LogP contribution in [0.25, 0.3) is 0 Å². The van der Waals surface area contributed by atoms with Crippen LogP contribution in [0.2, 0.25) is 0 Å². The van der Waals surface area contributed by atoms with Gasteiger partial charge in [0.1, 0.15) is 5.60 Å². The Hall–Kier alpha value is -0.770. The Morgan fingerprint density at radius 2 is 1.59 bits per heavy atom. The van der Waals surface area contributed by atoms with Gasteiger partial charge in [-0.2, -0.15) is 0 Å². The summed E-state index contributed by atoms with van der Waals surface area (Å²) < 4.78 is 11.1. The van der Waals surface area contributed by atoms with Crippen molar-refractivity contribution in [2.45, 2.75) is 77.4 Å². The summed E-state index contributed by atoms with van der Waals surface area (Å²) in [6.07, 6.45) is 8.49. The van der Waals surface area contributed by atoms with Gasteiger partial charge in [0.15, 0.2) is 5.96 Å². The molecule has 7 nitrogen and oxygen atoms in total. The second-order valence-electron chi connectivity index (χ2n) is 7.69. The van der Waals surface area contributed by atoms with Gasteiger partial charge in [-0.15, -0.1) is 24.0 Å². The highest BCUT2D eigenvalue weighted by molar-refractivity contribution is 14.0. The third-order valence-electron chi connectivity index (χ3n) is 4.09. The van der Waals surface area contributed by atoms with Crippen molar-refractivity contribution < 1.29 is 14.3 Å². The number of hydrogen-bond acceptors (Lipinski definition) is 4. The minimum absolute atomic E-state index is 0. The third-order valence-corrected chi connectivity index (χ3v) is 4.09. The molecule has 27 heavy (non-hydrogen) atoms. The molecule has 1 amide bonds. The number of guanidine groups is 1. The highest BCUT2D eigenvalue weighted by Crippen LogP contribution is 2.19. The fourth-order valence-electron chi connectivity index (χ4n) is 2.82. The second-order valence-corrected chi connectivity index (χ2v) is 7.69. The first-order valence-corrected chi connectivity index (χ1v) is 9.93. The van der Waals surface area contributed by atoms with Crippen LogP contribution in [0.5, 0.6) is 0 Å². The van der Waals surface area contributed by atoms with Crippen LogP contribution in [0.4, 0.5) is 4.79 Å². The van der Waals surface area contributed by atoms with Gasteiger partial charge in [-0.25, -0.2) is 4.79 Å². The van der Waals surface area contributed by atoms with E-state index in [4.69, 9.17) is 9.47 Å². The molecule has 0 radical (unpaired) electrons. The zero-order valence-corrected chi connectivity index (χ0v) is 19.8. The number of carbonyl (C=O) groups is 1. The molecule has 8 heteroatoms. The molecule has 160 valence electrons. The van der Waals surface area contributed by atoms with Crippen molar-refractivity contribution in [3.8, 4) is 0 Å². The van der Waals surface area contributed by atoms with E-state index in [-0.39, 0.29) is 30.1 Å². The van der Waals surface area contributed by atoms with Gasteiger partial charge in [0, 0.05) is 26.7 Å². The maximum atomic E-state index is 11.5. The molecule has 0 aromatic heterocycles. The lowest BCUT2D eigenvalue weighted by Crippen LogP contribution is -2.40. The Bertz CT molecular complexity index is 420. The largest absolute Gasteiger partial charge is 0.444 e. The topological polar surface area (TPSA) is 84.0 Å². The number of aliphatic imine (C=N–C) groups is 1. The number of amides is 1. The minimum Gasteiger partial charge on any atom is -0.444 e. The maximum absolute atomic E-state index is 11.5. The lowest BCUT2D eigenvalue weighted by atomic mass is 10.1. The molecular formula is C19H39IN4O3. The first-order chi connectivity index (χ1) is 12.4. The summed E-state index contributed by atoms with van der Waals surface area (Å²) in [5.41, 5.74) is -0.465. The van der Waals surface area contributed by atoms with Crippen LogP contribution in [0.3, 0.4) is 0 Å². The van der Waals surface area contributed by atoms with Gasteiger partial charge in [0.05, 0.1) is 12.7 Å². The fourth-order valence-corrected chi connectivity index (χ4v) is 2.82. The maximum Gasteiger partial charge on any atom is 0.407 e.